The van der Waals surface area contributed by atoms with Crippen LogP contribution in [0.15, 0.2) is 10.3 Å². The van der Waals surface area contributed by atoms with Gasteiger partial charge in [0.15, 0.2) is 4.34 Å². The molecule has 0 N–H and O–H groups in total. The van der Waals surface area contributed by atoms with Gasteiger partial charge in [0.25, 0.3) is 15.7 Å². The number of sulfonamides is 1. The molecule has 102 valence electrons. The zero-order valence-electron chi connectivity index (χ0n) is 10.1. The Bertz CT molecular complexity index is 553. The Balaban J connectivity index is 3.13. The third-order valence-electron chi connectivity index (χ3n) is 2.13. The summed E-state index contributed by atoms with van der Waals surface area (Å²) >= 11 is 6.35. The number of hydrogen-bond acceptors (Lipinski definition) is 5. The Hall–Kier alpha value is -0.700. The van der Waals surface area contributed by atoms with Gasteiger partial charge in [-0.05, 0) is 5.92 Å². The molecule has 0 fully saturated rings. The molecule has 0 amide bonds. The molecule has 0 radical (unpaired) electrons. The molecule has 9 heteroatoms. The van der Waals surface area contributed by atoms with E-state index in [1.807, 2.05) is 13.8 Å². The SMILES string of the molecule is CC(C)CN(C)S(=O)(=O)c1cc([N+](=O)[O-])c(Cl)s1. The van der Waals surface area contributed by atoms with Crippen LogP contribution < -0.4 is 0 Å². The highest BCUT2D eigenvalue weighted by Gasteiger charge is 2.28. The number of nitro groups is 1. The first-order valence-electron chi connectivity index (χ1n) is 5.06. The maximum atomic E-state index is 12.1. The molecule has 1 rings (SSSR count). The van der Waals surface area contributed by atoms with Crippen molar-refractivity contribution in [3.8, 4) is 0 Å². The second kappa shape index (κ2) is 5.52. The summed E-state index contributed by atoms with van der Waals surface area (Å²) in [6.45, 7) is 4.11. The van der Waals surface area contributed by atoms with Gasteiger partial charge in [0.05, 0.1) is 4.92 Å². The highest BCUT2D eigenvalue weighted by molar-refractivity contribution is 7.91. The molecule has 0 aromatic carbocycles. The third kappa shape index (κ3) is 3.19. The first-order valence-corrected chi connectivity index (χ1v) is 7.69. The molecule has 0 aliphatic rings. The quantitative estimate of drug-likeness (QED) is 0.618. The molecular formula is C9H13ClN2O4S2. The van der Waals surface area contributed by atoms with Gasteiger partial charge >= 0.3 is 0 Å². The lowest BCUT2D eigenvalue weighted by atomic mass is 10.2. The summed E-state index contributed by atoms with van der Waals surface area (Å²) in [5.74, 6) is 0.162. The zero-order chi connectivity index (χ0) is 14.1. The zero-order valence-corrected chi connectivity index (χ0v) is 12.5. The van der Waals surface area contributed by atoms with Crippen molar-refractivity contribution in [2.75, 3.05) is 13.6 Å². The fraction of sp³-hybridized carbons (Fsp3) is 0.556. The van der Waals surface area contributed by atoms with E-state index in [2.05, 4.69) is 0 Å². The second-order valence-electron chi connectivity index (χ2n) is 4.16. The van der Waals surface area contributed by atoms with Crippen molar-refractivity contribution < 1.29 is 13.3 Å². The molecule has 0 atom stereocenters. The van der Waals surface area contributed by atoms with Gasteiger partial charge in [0.1, 0.15) is 4.21 Å². The summed E-state index contributed by atoms with van der Waals surface area (Å²) in [6.07, 6.45) is 0. The summed E-state index contributed by atoms with van der Waals surface area (Å²) in [7, 11) is -2.27. The van der Waals surface area contributed by atoms with E-state index in [9.17, 15) is 18.5 Å². The van der Waals surface area contributed by atoms with Crippen molar-refractivity contribution in [1.29, 1.82) is 0 Å². The Kier molecular flexibility index (Phi) is 4.71. The van der Waals surface area contributed by atoms with Crippen LogP contribution in [-0.2, 0) is 10.0 Å². The normalized spacial score (nSPS) is 12.3. The fourth-order valence-corrected chi connectivity index (χ4v) is 4.57. The van der Waals surface area contributed by atoms with Crippen molar-refractivity contribution in [2.24, 2.45) is 5.92 Å². The van der Waals surface area contributed by atoms with Crippen LogP contribution in [0.3, 0.4) is 0 Å². The number of hydrogen-bond donors (Lipinski definition) is 0. The number of halogens is 1. The number of thiophene rings is 1. The molecule has 0 aliphatic heterocycles. The van der Waals surface area contributed by atoms with E-state index in [1.165, 1.54) is 11.4 Å². The smallest absolute Gasteiger partial charge is 0.258 e. The molecule has 0 saturated heterocycles. The van der Waals surface area contributed by atoms with E-state index in [0.717, 1.165) is 6.07 Å². The Morgan fingerprint density at radius 3 is 2.50 bits per heavy atom. The minimum absolute atomic E-state index is 0.109. The van der Waals surface area contributed by atoms with E-state index in [4.69, 9.17) is 11.6 Å². The predicted molar refractivity (Wildman–Crippen MR) is 70.6 cm³/mol. The highest BCUT2D eigenvalue weighted by Crippen LogP contribution is 2.37. The molecule has 0 unspecified atom stereocenters. The standard InChI is InChI=1S/C9H13ClN2O4S2/c1-6(2)5-11(3)18(15,16)8-4-7(12(13)14)9(10)17-8/h4,6H,5H2,1-3H3. The molecule has 6 nitrogen and oxygen atoms in total. The Labute approximate surface area is 114 Å². The summed E-state index contributed by atoms with van der Waals surface area (Å²) < 4.78 is 25.2. The first-order chi connectivity index (χ1) is 8.16. The highest BCUT2D eigenvalue weighted by atomic mass is 35.5. The van der Waals surface area contributed by atoms with Crippen molar-refractivity contribution in [3.63, 3.8) is 0 Å². The Morgan fingerprint density at radius 2 is 2.11 bits per heavy atom. The molecule has 0 bridgehead atoms. The van der Waals surface area contributed by atoms with Crippen molar-refractivity contribution in [2.45, 2.75) is 18.1 Å². The maximum absolute atomic E-state index is 12.1. The first kappa shape index (κ1) is 15.4. The average molecular weight is 313 g/mol. The van der Waals surface area contributed by atoms with Gasteiger partial charge in [0.2, 0.25) is 0 Å². The lowest BCUT2D eigenvalue weighted by Crippen LogP contribution is -2.29. The number of nitrogens with zero attached hydrogens (tertiary/aromatic N) is 2. The largest absolute Gasteiger partial charge is 0.300 e. The lowest BCUT2D eigenvalue weighted by molar-refractivity contribution is -0.384. The maximum Gasteiger partial charge on any atom is 0.300 e. The molecule has 1 heterocycles. The monoisotopic (exact) mass is 312 g/mol. The summed E-state index contributed by atoms with van der Waals surface area (Å²) in [5.41, 5.74) is -0.377. The third-order valence-corrected chi connectivity index (χ3v) is 5.74. The molecular weight excluding hydrogens is 300 g/mol. The van der Waals surface area contributed by atoms with Gasteiger partial charge < -0.3 is 0 Å². The van der Waals surface area contributed by atoms with Gasteiger partial charge in [-0.2, -0.15) is 4.31 Å². The molecule has 18 heavy (non-hydrogen) atoms. The molecule has 1 aromatic heterocycles. The summed E-state index contributed by atoms with van der Waals surface area (Å²) in [5, 5.41) is 10.6. The van der Waals surface area contributed by atoms with Gasteiger partial charge in [-0.25, -0.2) is 8.42 Å². The van der Waals surface area contributed by atoms with Crippen LogP contribution >= 0.6 is 22.9 Å². The van der Waals surface area contributed by atoms with Crippen LogP contribution in [0.1, 0.15) is 13.8 Å². The minimum Gasteiger partial charge on any atom is -0.258 e. The molecule has 0 aliphatic carbocycles. The van der Waals surface area contributed by atoms with Crippen LogP contribution in [0, 0.1) is 16.0 Å². The number of rotatable bonds is 5. The topological polar surface area (TPSA) is 80.5 Å². The van der Waals surface area contributed by atoms with Crippen LogP contribution in [0.2, 0.25) is 4.34 Å². The van der Waals surface area contributed by atoms with E-state index in [1.54, 1.807) is 0 Å². The van der Waals surface area contributed by atoms with Crippen molar-refractivity contribution in [1.82, 2.24) is 4.31 Å². The average Bonchev–Trinajstić information content (AvgIpc) is 2.59. The van der Waals surface area contributed by atoms with E-state index >= 15 is 0 Å². The lowest BCUT2D eigenvalue weighted by Gasteiger charge is -2.17. The van der Waals surface area contributed by atoms with Crippen LogP contribution in [0.5, 0.6) is 0 Å². The van der Waals surface area contributed by atoms with Gasteiger partial charge in [-0.15, -0.1) is 11.3 Å². The molecule has 0 saturated carbocycles. The Morgan fingerprint density at radius 1 is 1.56 bits per heavy atom. The van der Waals surface area contributed by atoms with E-state index in [0.29, 0.717) is 17.9 Å². The van der Waals surface area contributed by atoms with Gasteiger partial charge in [0, 0.05) is 19.7 Å². The van der Waals surface area contributed by atoms with E-state index < -0.39 is 14.9 Å². The van der Waals surface area contributed by atoms with Crippen LogP contribution in [0.25, 0.3) is 0 Å². The summed E-state index contributed by atoms with van der Waals surface area (Å²) in [4.78, 5) is 9.93. The van der Waals surface area contributed by atoms with Crippen molar-refractivity contribution >= 4 is 38.6 Å². The summed E-state index contributed by atoms with van der Waals surface area (Å²) in [6, 6.07) is 0.999. The molecule has 1 aromatic rings. The predicted octanol–water partition coefficient (Wildman–Crippen LogP) is 2.59. The fourth-order valence-electron chi connectivity index (χ4n) is 1.36. The van der Waals surface area contributed by atoms with Gasteiger partial charge in [-0.3, -0.25) is 10.1 Å². The van der Waals surface area contributed by atoms with Crippen LogP contribution in [0.4, 0.5) is 5.69 Å². The van der Waals surface area contributed by atoms with Crippen LogP contribution in [-0.4, -0.2) is 31.2 Å². The van der Waals surface area contributed by atoms with Crippen molar-refractivity contribution in [3.05, 3.63) is 20.5 Å². The molecule has 0 spiro atoms. The minimum atomic E-state index is -3.71. The van der Waals surface area contributed by atoms with E-state index in [-0.39, 0.29) is 20.2 Å². The van der Waals surface area contributed by atoms with Gasteiger partial charge in [-0.1, -0.05) is 25.4 Å². The second-order valence-corrected chi connectivity index (χ2v) is 8.09.